The van der Waals surface area contributed by atoms with Crippen LogP contribution in [0.3, 0.4) is 0 Å². The molecule has 1 atom stereocenters. The van der Waals surface area contributed by atoms with Gasteiger partial charge in [-0.05, 0) is 25.2 Å². The van der Waals surface area contributed by atoms with Gasteiger partial charge < -0.3 is 4.74 Å². The quantitative estimate of drug-likeness (QED) is 0.689. The molecule has 1 aliphatic carbocycles. The van der Waals surface area contributed by atoms with Gasteiger partial charge in [0, 0.05) is 31.1 Å². The summed E-state index contributed by atoms with van der Waals surface area (Å²) in [7, 11) is 0. The molecule has 1 heterocycles. The Morgan fingerprint density at radius 3 is 2.69 bits per heavy atom. The zero-order chi connectivity index (χ0) is 9.10. The molecule has 13 heavy (non-hydrogen) atoms. The van der Waals surface area contributed by atoms with Gasteiger partial charge in [-0.15, -0.1) is 0 Å². The second-order valence-corrected chi connectivity index (χ2v) is 4.94. The molecular weight excluding hydrogens is 230 g/mol. The van der Waals surface area contributed by atoms with Crippen LogP contribution < -0.4 is 0 Å². The Morgan fingerprint density at radius 2 is 2.15 bits per heavy atom. The second kappa shape index (κ2) is 4.76. The van der Waals surface area contributed by atoms with Gasteiger partial charge in [0.05, 0.1) is 6.61 Å². The highest BCUT2D eigenvalue weighted by molar-refractivity contribution is 9.09. The van der Waals surface area contributed by atoms with Crippen LogP contribution in [0.4, 0.5) is 0 Å². The van der Waals surface area contributed by atoms with E-state index in [1.54, 1.807) is 0 Å². The highest BCUT2D eigenvalue weighted by Crippen LogP contribution is 2.28. The molecule has 1 saturated heterocycles. The number of alkyl halides is 1. The van der Waals surface area contributed by atoms with Crippen LogP contribution in [0.2, 0.25) is 0 Å². The maximum Gasteiger partial charge on any atom is 0.0507 e. The first-order valence-electron chi connectivity index (χ1n) is 5.28. The molecule has 2 aliphatic rings. The van der Waals surface area contributed by atoms with E-state index in [1.165, 1.54) is 32.4 Å². The Kier molecular flexibility index (Phi) is 3.64. The molecule has 1 aliphatic heterocycles. The molecule has 0 bridgehead atoms. The fourth-order valence-electron chi connectivity index (χ4n) is 2.03. The molecule has 1 unspecified atom stereocenters. The van der Waals surface area contributed by atoms with Crippen molar-refractivity contribution in [1.82, 2.24) is 4.90 Å². The molecule has 0 radical (unpaired) electrons. The molecule has 2 fully saturated rings. The molecule has 0 N–H and O–H groups in total. The van der Waals surface area contributed by atoms with E-state index in [4.69, 9.17) is 4.74 Å². The molecule has 0 spiro atoms. The SMILES string of the molecule is BrCCN(CC1CCOC1)C1CC1. The van der Waals surface area contributed by atoms with Crippen molar-refractivity contribution in [2.45, 2.75) is 25.3 Å². The van der Waals surface area contributed by atoms with Crippen molar-refractivity contribution in [2.75, 3.05) is 31.6 Å². The van der Waals surface area contributed by atoms with Gasteiger partial charge >= 0.3 is 0 Å². The van der Waals surface area contributed by atoms with Crippen LogP contribution in [0.5, 0.6) is 0 Å². The highest BCUT2D eigenvalue weighted by Gasteiger charge is 2.30. The number of hydrogen-bond donors (Lipinski definition) is 0. The van der Waals surface area contributed by atoms with Gasteiger partial charge in [0.15, 0.2) is 0 Å². The Balaban J connectivity index is 1.74. The molecule has 2 nitrogen and oxygen atoms in total. The maximum atomic E-state index is 5.40. The summed E-state index contributed by atoms with van der Waals surface area (Å²) in [6, 6.07) is 0.901. The van der Waals surface area contributed by atoms with Gasteiger partial charge in [-0.25, -0.2) is 0 Å². The van der Waals surface area contributed by atoms with Crippen LogP contribution >= 0.6 is 15.9 Å². The minimum atomic E-state index is 0.805. The monoisotopic (exact) mass is 247 g/mol. The summed E-state index contributed by atoms with van der Waals surface area (Å²) in [5.41, 5.74) is 0. The summed E-state index contributed by atoms with van der Waals surface area (Å²) < 4.78 is 5.40. The standard InChI is InChI=1S/C10H18BrNO/c11-4-5-12(10-1-2-10)7-9-3-6-13-8-9/h9-10H,1-8H2. The molecular formula is C10H18BrNO. The van der Waals surface area contributed by atoms with Crippen LogP contribution in [0.15, 0.2) is 0 Å². The van der Waals surface area contributed by atoms with E-state index < -0.39 is 0 Å². The normalized spacial score (nSPS) is 28.6. The van der Waals surface area contributed by atoms with E-state index in [0.29, 0.717) is 0 Å². The number of nitrogens with zero attached hydrogens (tertiary/aromatic N) is 1. The zero-order valence-corrected chi connectivity index (χ0v) is 9.63. The Hall–Kier alpha value is 0.400. The average molecular weight is 248 g/mol. The second-order valence-electron chi connectivity index (χ2n) is 4.14. The molecule has 1 saturated carbocycles. The van der Waals surface area contributed by atoms with Gasteiger partial charge in [-0.2, -0.15) is 0 Å². The molecule has 0 aromatic heterocycles. The van der Waals surface area contributed by atoms with Crippen molar-refractivity contribution in [3.63, 3.8) is 0 Å². The smallest absolute Gasteiger partial charge is 0.0507 e. The minimum absolute atomic E-state index is 0.805. The van der Waals surface area contributed by atoms with Crippen molar-refractivity contribution in [3.8, 4) is 0 Å². The first-order chi connectivity index (χ1) is 6.40. The lowest BCUT2D eigenvalue weighted by Crippen LogP contribution is -2.33. The maximum absolute atomic E-state index is 5.40. The number of halogens is 1. The predicted molar refractivity (Wildman–Crippen MR) is 57.3 cm³/mol. The summed E-state index contributed by atoms with van der Waals surface area (Å²) in [6.45, 7) is 4.44. The number of hydrogen-bond acceptors (Lipinski definition) is 2. The van der Waals surface area contributed by atoms with Crippen LogP contribution in [-0.2, 0) is 4.74 Å². The van der Waals surface area contributed by atoms with Gasteiger partial charge in [-0.3, -0.25) is 4.90 Å². The Labute approximate surface area is 88.8 Å². The van der Waals surface area contributed by atoms with E-state index in [9.17, 15) is 0 Å². The number of rotatable bonds is 5. The Bertz CT molecular complexity index is 155. The Morgan fingerprint density at radius 1 is 1.31 bits per heavy atom. The van der Waals surface area contributed by atoms with E-state index in [-0.39, 0.29) is 0 Å². The molecule has 76 valence electrons. The number of ether oxygens (including phenoxy) is 1. The summed E-state index contributed by atoms with van der Waals surface area (Å²) in [4.78, 5) is 2.63. The van der Waals surface area contributed by atoms with Crippen LogP contribution in [0.1, 0.15) is 19.3 Å². The van der Waals surface area contributed by atoms with E-state index in [0.717, 1.165) is 30.5 Å². The highest BCUT2D eigenvalue weighted by atomic mass is 79.9. The molecule has 0 aromatic carbocycles. The van der Waals surface area contributed by atoms with Crippen molar-refractivity contribution < 1.29 is 4.74 Å². The van der Waals surface area contributed by atoms with Gasteiger partial charge in [0.25, 0.3) is 0 Å². The lowest BCUT2D eigenvalue weighted by atomic mass is 10.1. The van der Waals surface area contributed by atoms with Crippen LogP contribution in [0.25, 0.3) is 0 Å². The fraction of sp³-hybridized carbons (Fsp3) is 1.00. The third-order valence-corrected chi connectivity index (χ3v) is 3.31. The molecule has 0 amide bonds. The molecule has 0 aromatic rings. The minimum Gasteiger partial charge on any atom is -0.381 e. The average Bonchev–Trinajstić information content (AvgIpc) is 2.85. The molecule has 3 heteroatoms. The summed E-state index contributed by atoms with van der Waals surface area (Å²) >= 11 is 3.52. The van der Waals surface area contributed by atoms with Gasteiger partial charge in [-0.1, -0.05) is 15.9 Å². The lowest BCUT2D eigenvalue weighted by Gasteiger charge is -2.23. The fourth-order valence-corrected chi connectivity index (χ4v) is 2.49. The summed E-state index contributed by atoms with van der Waals surface area (Å²) in [5.74, 6) is 0.805. The lowest BCUT2D eigenvalue weighted by molar-refractivity contribution is 0.167. The first-order valence-corrected chi connectivity index (χ1v) is 6.40. The summed E-state index contributed by atoms with van der Waals surface area (Å²) in [6.07, 6.45) is 4.10. The zero-order valence-electron chi connectivity index (χ0n) is 8.04. The van der Waals surface area contributed by atoms with Gasteiger partial charge in [0.2, 0.25) is 0 Å². The largest absolute Gasteiger partial charge is 0.381 e. The van der Waals surface area contributed by atoms with E-state index in [1.807, 2.05) is 0 Å². The topological polar surface area (TPSA) is 12.5 Å². The summed E-state index contributed by atoms with van der Waals surface area (Å²) in [5, 5.41) is 1.11. The van der Waals surface area contributed by atoms with Crippen molar-refractivity contribution in [2.24, 2.45) is 5.92 Å². The third kappa shape index (κ3) is 2.93. The van der Waals surface area contributed by atoms with Crippen molar-refractivity contribution in [1.29, 1.82) is 0 Å². The van der Waals surface area contributed by atoms with Crippen LogP contribution in [-0.4, -0.2) is 42.6 Å². The van der Waals surface area contributed by atoms with Gasteiger partial charge in [0.1, 0.15) is 0 Å². The van der Waals surface area contributed by atoms with Crippen molar-refractivity contribution in [3.05, 3.63) is 0 Å². The van der Waals surface area contributed by atoms with E-state index >= 15 is 0 Å². The molecule has 2 rings (SSSR count). The van der Waals surface area contributed by atoms with Crippen LogP contribution in [0, 0.1) is 5.92 Å². The first kappa shape index (κ1) is 9.94. The third-order valence-electron chi connectivity index (χ3n) is 2.95. The predicted octanol–water partition coefficient (Wildman–Crippen LogP) is 1.88. The van der Waals surface area contributed by atoms with Crippen molar-refractivity contribution >= 4 is 15.9 Å². The van der Waals surface area contributed by atoms with E-state index in [2.05, 4.69) is 20.8 Å².